The van der Waals surface area contributed by atoms with Gasteiger partial charge in [0.2, 0.25) is 0 Å². The second kappa shape index (κ2) is 10.8. The van der Waals surface area contributed by atoms with Crippen molar-refractivity contribution in [2.24, 2.45) is 4.99 Å². The topological polar surface area (TPSA) is 54.9 Å². The molecule has 0 aliphatic carbocycles. The molecular formula is C19H25FIN3O2. The van der Waals surface area contributed by atoms with Gasteiger partial charge in [0.15, 0.2) is 17.5 Å². The van der Waals surface area contributed by atoms with Crippen molar-refractivity contribution in [1.82, 2.24) is 10.6 Å². The molecule has 2 N–H and O–H groups in total. The van der Waals surface area contributed by atoms with E-state index in [1.807, 2.05) is 24.3 Å². The molecule has 7 heteroatoms. The molecule has 26 heavy (non-hydrogen) atoms. The highest BCUT2D eigenvalue weighted by molar-refractivity contribution is 14.0. The molecule has 0 unspecified atom stereocenters. The average Bonchev–Trinajstić information content (AvgIpc) is 2.64. The van der Waals surface area contributed by atoms with E-state index in [2.05, 4.69) is 15.6 Å². The molecule has 142 valence electrons. The number of nitrogens with zero attached hydrogens (tertiary/aromatic N) is 1. The van der Waals surface area contributed by atoms with Crippen LogP contribution in [0.15, 0.2) is 41.4 Å². The lowest BCUT2D eigenvalue weighted by atomic mass is 10.1. The zero-order valence-corrected chi connectivity index (χ0v) is 17.8. The monoisotopic (exact) mass is 473 g/mol. The molecule has 0 aliphatic heterocycles. The summed E-state index contributed by atoms with van der Waals surface area (Å²) in [5.41, 5.74) is 2.44. The minimum atomic E-state index is -0.205. The Morgan fingerprint density at radius 2 is 1.81 bits per heavy atom. The Balaban J connectivity index is 0.00000338. The zero-order valence-electron chi connectivity index (χ0n) is 15.4. The van der Waals surface area contributed by atoms with E-state index in [4.69, 9.17) is 9.47 Å². The Bertz CT molecular complexity index is 754. The van der Waals surface area contributed by atoms with Crippen molar-refractivity contribution in [3.05, 3.63) is 58.9 Å². The molecule has 0 amide bonds. The molecule has 0 heterocycles. The number of guanidine groups is 1. The van der Waals surface area contributed by atoms with Gasteiger partial charge in [-0.05, 0) is 30.2 Å². The number of hydrogen-bond donors (Lipinski definition) is 2. The zero-order chi connectivity index (χ0) is 18.2. The lowest BCUT2D eigenvalue weighted by Crippen LogP contribution is -2.36. The first-order valence-electron chi connectivity index (χ1n) is 7.98. The summed E-state index contributed by atoms with van der Waals surface area (Å²) in [6.07, 6.45) is 0. The van der Waals surface area contributed by atoms with Crippen LogP contribution in [0.4, 0.5) is 4.39 Å². The first-order valence-corrected chi connectivity index (χ1v) is 7.98. The largest absolute Gasteiger partial charge is 0.493 e. The Hall–Kier alpha value is -2.03. The Labute approximate surface area is 171 Å². The number of nitrogens with one attached hydrogen (secondary N) is 2. The third-order valence-corrected chi connectivity index (χ3v) is 3.85. The highest BCUT2D eigenvalue weighted by atomic mass is 127. The van der Waals surface area contributed by atoms with Crippen LogP contribution in [0.3, 0.4) is 0 Å². The smallest absolute Gasteiger partial charge is 0.191 e. The molecule has 5 nitrogen and oxygen atoms in total. The summed E-state index contributed by atoms with van der Waals surface area (Å²) in [6.45, 7) is 2.74. The van der Waals surface area contributed by atoms with Gasteiger partial charge < -0.3 is 20.1 Å². The molecule has 0 spiro atoms. The van der Waals surface area contributed by atoms with Crippen LogP contribution in [-0.2, 0) is 13.1 Å². The second-order valence-electron chi connectivity index (χ2n) is 5.52. The summed E-state index contributed by atoms with van der Waals surface area (Å²) >= 11 is 0. The van der Waals surface area contributed by atoms with Crippen molar-refractivity contribution in [3.8, 4) is 11.5 Å². The van der Waals surface area contributed by atoms with Gasteiger partial charge in [0.25, 0.3) is 0 Å². The van der Waals surface area contributed by atoms with Crippen LogP contribution in [-0.4, -0.2) is 27.2 Å². The van der Waals surface area contributed by atoms with E-state index >= 15 is 0 Å². The SMILES string of the molecule is CN=C(NCc1ccc(C)c(F)c1)NCc1cccc(OC)c1OC.I. The maximum atomic E-state index is 13.6. The van der Waals surface area contributed by atoms with Gasteiger partial charge in [0, 0.05) is 25.7 Å². The van der Waals surface area contributed by atoms with E-state index in [9.17, 15) is 4.39 Å². The van der Waals surface area contributed by atoms with Crippen molar-refractivity contribution >= 4 is 29.9 Å². The molecule has 0 aliphatic rings. The lowest BCUT2D eigenvalue weighted by molar-refractivity contribution is 0.351. The Kier molecular flexibility index (Phi) is 9.18. The first-order chi connectivity index (χ1) is 12.1. The van der Waals surface area contributed by atoms with Crippen molar-refractivity contribution in [2.45, 2.75) is 20.0 Å². The summed E-state index contributed by atoms with van der Waals surface area (Å²) in [7, 11) is 4.91. The summed E-state index contributed by atoms with van der Waals surface area (Å²) in [5.74, 6) is 1.78. The van der Waals surface area contributed by atoms with Crippen LogP contribution in [0.5, 0.6) is 11.5 Å². The molecule has 0 saturated carbocycles. The second-order valence-corrected chi connectivity index (χ2v) is 5.52. The summed E-state index contributed by atoms with van der Waals surface area (Å²) < 4.78 is 24.3. The predicted molar refractivity (Wildman–Crippen MR) is 113 cm³/mol. The minimum Gasteiger partial charge on any atom is -0.493 e. The number of para-hydroxylation sites is 1. The van der Waals surface area contributed by atoms with E-state index in [-0.39, 0.29) is 29.8 Å². The van der Waals surface area contributed by atoms with E-state index in [1.165, 1.54) is 6.07 Å². The highest BCUT2D eigenvalue weighted by Gasteiger charge is 2.10. The van der Waals surface area contributed by atoms with Crippen molar-refractivity contribution in [1.29, 1.82) is 0 Å². The fraction of sp³-hybridized carbons (Fsp3) is 0.316. The van der Waals surface area contributed by atoms with Gasteiger partial charge in [0.1, 0.15) is 5.82 Å². The minimum absolute atomic E-state index is 0. The highest BCUT2D eigenvalue weighted by Crippen LogP contribution is 2.30. The van der Waals surface area contributed by atoms with E-state index in [0.717, 1.165) is 11.1 Å². The van der Waals surface area contributed by atoms with E-state index < -0.39 is 0 Å². The molecule has 2 aromatic rings. The summed E-state index contributed by atoms with van der Waals surface area (Å²) in [4.78, 5) is 4.18. The Morgan fingerprint density at radius 3 is 2.42 bits per heavy atom. The van der Waals surface area contributed by atoms with Crippen molar-refractivity contribution in [2.75, 3.05) is 21.3 Å². The molecule has 0 saturated heterocycles. The molecule has 0 atom stereocenters. The van der Waals surface area contributed by atoms with Crippen LogP contribution in [0, 0.1) is 12.7 Å². The number of hydrogen-bond acceptors (Lipinski definition) is 3. The number of ether oxygens (including phenoxy) is 2. The number of aryl methyl sites for hydroxylation is 1. The van der Waals surface area contributed by atoms with E-state index in [1.54, 1.807) is 34.3 Å². The number of methoxy groups -OCH3 is 2. The summed E-state index contributed by atoms with van der Waals surface area (Å²) in [5, 5.41) is 6.39. The van der Waals surface area contributed by atoms with Gasteiger partial charge in [-0.15, -0.1) is 24.0 Å². The molecule has 2 rings (SSSR count). The van der Waals surface area contributed by atoms with Crippen LogP contribution in [0.1, 0.15) is 16.7 Å². The molecule has 0 fully saturated rings. The third-order valence-electron chi connectivity index (χ3n) is 3.85. The summed E-state index contributed by atoms with van der Waals surface area (Å²) in [6, 6.07) is 10.9. The Morgan fingerprint density at radius 1 is 1.08 bits per heavy atom. The predicted octanol–water partition coefficient (Wildman–Crippen LogP) is 3.63. The number of rotatable bonds is 6. The van der Waals surface area contributed by atoms with Crippen LogP contribution in [0.2, 0.25) is 0 Å². The van der Waals surface area contributed by atoms with Crippen LogP contribution in [0.25, 0.3) is 0 Å². The van der Waals surface area contributed by atoms with Crippen molar-refractivity contribution < 1.29 is 13.9 Å². The van der Waals surface area contributed by atoms with Crippen LogP contribution >= 0.6 is 24.0 Å². The maximum Gasteiger partial charge on any atom is 0.191 e. The molecule has 2 aromatic carbocycles. The van der Waals surface area contributed by atoms with Crippen LogP contribution < -0.4 is 20.1 Å². The molecule has 0 radical (unpaired) electrons. The van der Waals surface area contributed by atoms with E-state index in [0.29, 0.717) is 36.1 Å². The average molecular weight is 473 g/mol. The maximum absolute atomic E-state index is 13.6. The molecule has 0 aromatic heterocycles. The third kappa shape index (κ3) is 5.76. The lowest BCUT2D eigenvalue weighted by Gasteiger charge is -2.15. The van der Waals surface area contributed by atoms with Gasteiger partial charge in [-0.1, -0.05) is 24.3 Å². The van der Waals surface area contributed by atoms with Gasteiger partial charge in [-0.3, -0.25) is 4.99 Å². The van der Waals surface area contributed by atoms with Gasteiger partial charge >= 0.3 is 0 Å². The fourth-order valence-corrected chi connectivity index (χ4v) is 2.42. The number of halogens is 2. The first kappa shape index (κ1) is 22.0. The molecule has 0 bridgehead atoms. The number of benzene rings is 2. The fourth-order valence-electron chi connectivity index (χ4n) is 2.42. The van der Waals surface area contributed by atoms with Crippen molar-refractivity contribution in [3.63, 3.8) is 0 Å². The quantitative estimate of drug-likeness (QED) is 0.382. The van der Waals surface area contributed by atoms with Gasteiger partial charge in [-0.25, -0.2) is 4.39 Å². The molecular weight excluding hydrogens is 448 g/mol. The number of aliphatic imine (C=N–C) groups is 1. The van der Waals surface area contributed by atoms with Gasteiger partial charge in [0.05, 0.1) is 14.2 Å². The standard InChI is InChI=1S/C19H24FN3O2.HI/c1-13-8-9-14(10-16(13)20)11-22-19(21-2)23-12-15-6-5-7-17(24-3)18(15)25-4;/h5-10H,11-12H2,1-4H3,(H2,21,22,23);1H. The normalized spacial score (nSPS) is 10.7. The van der Waals surface area contributed by atoms with Gasteiger partial charge in [-0.2, -0.15) is 0 Å².